The lowest BCUT2D eigenvalue weighted by Crippen LogP contribution is -1.98. The number of halogens is 1. The van der Waals surface area contributed by atoms with Crippen LogP contribution < -0.4 is 0 Å². The van der Waals surface area contributed by atoms with Gasteiger partial charge in [0, 0.05) is 4.47 Å². The van der Waals surface area contributed by atoms with Gasteiger partial charge in [-0.05, 0) is 42.2 Å². The van der Waals surface area contributed by atoms with Crippen molar-refractivity contribution in [2.75, 3.05) is 0 Å². The molecule has 2 nitrogen and oxygen atoms in total. The van der Waals surface area contributed by atoms with Gasteiger partial charge in [-0.1, -0.05) is 22.0 Å². The molecule has 1 aromatic carbocycles. The molecule has 1 aliphatic carbocycles. The Hall–Kier alpha value is -1.09. The Labute approximate surface area is 90.4 Å². The summed E-state index contributed by atoms with van der Waals surface area (Å²) in [6, 6.07) is 3.88. The average molecular weight is 253 g/mol. The molecule has 0 spiro atoms. The molecule has 2 rings (SSSR count). The number of carboxylic acid groups (broad SMARTS) is 1. The molecule has 0 unspecified atom stereocenters. The fourth-order valence-corrected chi connectivity index (χ4v) is 2.37. The number of hydrogen-bond acceptors (Lipinski definition) is 1. The van der Waals surface area contributed by atoms with Gasteiger partial charge in [0.2, 0.25) is 0 Å². The zero-order valence-corrected chi connectivity index (χ0v) is 9.26. The van der Waals surface area contributed by atoms with Crippen molar-refractivity contribution in [2.24, 2.45) is 0 Å². The van der Waals surface area contributed by atoms with Crippen LogP contribution in [-0.4, -0.2) is 11.1 Å². The fraction of sp³-hybridized carbons (Fsp3) is 0.182. The second-order valence-corrected chi connectivity index (χ2v) is 4.29. The van der Waals surface area contributed by atoms with Crippen molar-refractivity contribution >= 4 is 27.5 Å². The second-order valence-electron chi connectivity index (χ2n) is 3.38. The van der Waals surface area contributed by atoms with Crippen LogP contribution in [-0.2, 0) is 11.2 Å². The van der Waals surface area contributed by atoms with Gasteiger partial charge >= 0.3 is 5.97 Å². The third-order valence-corrected chi connectivity index (χ3v) is 2.93. The molecule has 0 heterocycles. The van der Waals surface area contributed by atoms with Crippen LogP contribution >= 0.6 is 15.9 Å². The predicted molar refractivity (Wildman–Crippen MR) is 58.2 cm³/mol. The third kappa shape index (κ3) is 1.38. The Balaban J connectivity index is 2.61. The first kappa shape index (κ1) is 9.46. The first-order valence-electron chi connectivity index (χ1n) is 4.32. The molecule has 1 aliphatic rings. The van der Waals surface area contributed by atoms with E-state index in [9.17, 15) is 4.79 Å². The van der Waals surface area contributed by atoms with E-state index in [1.54, 1.807) is 6.08 Å². The number of allylic oxidation sites excluding steroid dienone is 1. The van der Waals surface area contributed by atoms with E-state index in [1.165, 1.54) is 0 Å². The lowest BCUT2D eigenvalue weighted by Gasteiger charge is -2.06. The molecule has 1 N–H and O–H groups in total. The largest absolute Gasteiger partial charge is 0.478 e. The van der Waals surface area contributed by atoms with Gasteiger partial charge in [-0.25, -0.2) is 4.79 Å². The van der Waals surface area contributed by atoms with Crippen LogP contribution in [0.3, 0.4) is 0 Å². The van der Waals surface area contributed by atoms with Crippen LogP contribution in [0.15, 0.2) is 22.7 Å². The maximum atomic E-state index is 10.9. The standard InChI is InChI=1S/C11H9BrO2/c1-6-4-7(12)5-10-8(6)2-3-9(10)11(13)14/h3-5H,2H2,1H3,(H,13,14). The van der Waals surface area contributed by atoms with E-state index in [0.717, 1.165) is 27.6 Å². The highest BCUT2D eigenvalue weighted by Gasteiger charge is 2.21. The highest BCUT2D eigenvalue weighted by Crippen LogP contribution is 2.32. The zero-order chi connectivity index (χ0) is 10.3. The normalized spacial score (nSPS) is 13.7. The molecular formula is C11H9BrO2. The number of carbonyl (C=O) groups is 1. The van der Waals surface area contributed by atoms with E-state index in [0.29, 0.717) is 5.57 Å². The van der Waals surface area contributed by atoms with Gasteiger partial charge in [0.1, 0.15) is 0 Å². The number of hydrogen-bond donors (Lipinski definition) is 1. The van der Waals surface area contributed by atoms with Gasteiger partial charge in [-0.2, -0.15) is 0 Å². The summed E-state index contributed by atoms with van der Waals surface area (Å²) in [6.45, 7) is 2.00. The van der Waals surface area contributed by atoms with Crippen molar-refractivity contribution in [2.45, 2.75) is 13.3 Å². The summed E-state index contributed by atoms with van der Waals surface area (Å²) in [5.74, 6) is -0.846. The molecule has 0 saturated heterocycles. The molecule has 0 aromatic heterocycles. The van der Waals surface area contributed by atoms with Crippen molar-refractivity contribution in [3.63, 3.8) is 0 Å². The highest BCUT2D eigenvalue weighted by atomic mass is 79.9. The summed E-state index contributed by atoms with van der Waals surface area (Å²) in [5, 5.41) is 8.96. The number of rotatable bonds is 1. The average Bonchev–Trinajstić information content (AvgIpc) is 2.47. The monoisotopic (exact) mass is 252 g/mol. The van der Waals surface area contributed by atoms with Crippen molar-refractivity contribution in [1.29, 1.82) is 0 Å². The Kier molecular flexibility index (Phi) is 2.19. The summed E-state index contributed by atoms with van der Waals surface area (Å²) in [5.41, 5.74) is 3.54. The SMILES string of the molecule is Cc1cc(Br)cc2c1CC=C2C(=O)O. The molecule has 14 heavy (non-hydrogen) atoms. The molecule has 0 fully saturated rings. The number of benzene rings is 1. The van der Waals surface area contributed by atoms with Crippen molar-refractivity contribution in [3.8, 4) is 0 Å². The lowest BCUT2D eigenvalue weighted by atomic mass is 10.0. The second kappa shape index (κ2) is 3.24. The van der Waals surface area contributed by atoms with E-state index >= 15 is 0 Å². The highest BCUT2D eigenvalue weighted by molar-refractivity contribution is 9.10. The molecular weight excluding hydrogens is 244 g/mol. The van der Waals surface area contributed by atoms with E-state index in [2.05, 4.69) is 15.9 Å². The Bertz CT molecular complexity index is 447. The topological polar surface area (TPSA) is 37.3 Å². The molecule has 1 aromatic rings. The Morgan fingerprint density at radius 3 is 2.86 bits per heavy atom. The summed E-state index contributed by atoms with van der Waals surface area (Å²) >= 11 is 3.37. The molecule has 0 saturated carbocycles. The molecule has 0 radical (unpaired) electrons. The smallest absolute Gasteiger partial charge is 0.335 e. The molecule has 3 heteroatoms. The molecule has 0 amide bonds. The fourth-order valence-electron chi connectivity index (χ4n) is 1.80. The molecule has 0 atom stereocenters. The van der Waals surface area contributed by atoms with Crippen LogP contribution in [0, 0.1) is 6.92 Å². The van der Waals surface area contributed by atoms with Crippen molar-refractivity contribution in [1.82, 2.24) is 0 Å². The van der Waals surface area contributed by atoms with Gasteiger partial charge < -0.3 is 5.11 Å². The van der Waals surface area contributed by atoms with Crippen LogP contribution in [0.25, 0.3) is 5.57 Å². The number of fused-ring (bicyclic) bond motifs is 1. The van der Waals surface area contributed by atoms with E-state index in [4.69, 9.17) is 5.11 Å². The minimum absolute atomic E-state index is 0.421. The van der Waals surface area contributed by atoms with Crippen LogP contribution in [0.5, 0.6) is 0 Å². The molecule has 0 bridgehead atoms. The lowest BCUT2D eigenvalue weighted by molar-refractivity contribution is -0.130. The molecule has 0 aliphatic heterocycles. The van der Waals surface area contributed by atoms with Crippen LogP contribution in [0.4, 0.5) is 0 Å². The number of carboxylic acids is 1. The first-order valence-corrected chi connectivity index (χ1v) is 5.11. The predicted octanol–water partition coefficient (Wildman–Crippen LogP) is 2.78. The van der Waals surface area contributed by atoms with Crippen molar-refractivity contribution < 1.29 is 9.90 Å². The summed E-state index contributed by atoms with van der Waals surface area (Å²) in [4.78, 5) is 10.9. The Morgan fingerprint density at radius 2 is 2.21 bits per heavy atom. The van der Waals surface area contributed by atoms with E-state index in [-0.39, 0.29) is 0 Å². The number of aryl methyl sites for hydroxylation is 1. The van der Waals surface area contributed by atoms with Gasteiger partial charge in [0.25, 0.3) is 0 Å². The van der Waals surface area contributed by atoms with Gasteiger partial charge in [0.15, 0.2) is 0 Å². The Morgan fingerprint density at radius 1 is 1.50 bits per heavy atom. The minimum Gasteiger partial charge on any atom is -0.478 e. The van der Waals surface area contributed by atoms with E-state index < -0.39 is 5.97 Å². The summed E-state index contributed by atoms with van der Waals surface area (Å²) < 4.78 is 0.933. The third-order valence-electron chi connectivity index (χ3n) is 2.47. The van der Waals surface area contributed by atoms with Crippen LogP contribution in [0.1, 0.15) is 16.7 Å². The van der Waals surface area contributed by atoms with Gasteiger partial charge in [-0.15, -0.1) is 0 Å². The maximum absolute atomic E-state index is 10.9. The quantitative estimate of drug-likeness (QED) is 0.835. The van der Waals surface area contributed by atoms with Gasteiger partial charge in [-0.3, -0.25) is 0 Å². The minimum atomic E-state index is -0.846. The zero-order valence-electron chi connectivity index (χ0n) is 7.67. The summed E-state index contributed by atoms with van der Waals surface area (Å²) in [6.07, 6.45) is 2.50. The first-order chi connectivity index (χ1) is 6.59. The van der Waals surface area contributed by atoms with Crippen molar-refractivity contribution in [3.05, 3.63) is 39.4 Å². The summed E-state index contributed by atoms with van der Waals surface area (Å²) in [7, 11) is 0. The van der Waals surface area contributed by atoms with Gasteiger partial charge in [0.05, 0.1) is 5.57 Å². The number of aliphatic carboxylic acids is 1. The van der Waals surface area contributed by atoms with E-state index in [1.807, 2.05) is 19.1 Å². The van der Waals surface area contributed by atoms with Crippen LogP contribution in [0.2, 0.25) is 0 Å². The maximum Gasteiger partial charge on any atom is 0.335 e. The molecule has 72 valence electrons.